The molecule has 0 heterocycles. The molecule has 0 aromatic heterocycles. The van der Waals surface area contributed by atoms with E-state index in [2.05, 4.69) is 25.1 Å². The van der Waals surface area contributed by atoms with Crippen molar-refractivity contribution in [3.8, 4) is 0 Å². The molecule has 0 N–H and O–H groups in total. The van der Waals surface area contributed by atoms with Crippen molar-refractivity contribution < 1.29 is 4.79 Å². The van der Waals surface area contributed by atoms with Crippen molar-refractivity contribution in [2.75, 3.05) is 0 Å². The number of ketones is 1. The van der Waals surface area contributed by atoms with Crippen LogP contribution in [0.1, 0.15) is 29.5 Å². The molecule has 0 saturated heterocycles. The molecule has 1 heteroatoms. The summed E-state index contributed by atoms with van der Waals surface area (Å²) < 4.78 is 0. The molecule has 1 saturated carbocycles. The summed E-state index contributed by atoms with van der Waals surface area (Å²) in [4.78, 5) is 11.7. The van der Waals surface area contributed by atoms with E-state index >= 15 is 0 Å². The first kappa shape index (κ1) is 7.31. The first-order valence-corrected chi connectivity index (χ1v) is 4.86. The first-order chi connectivity index (χ1) is 6.22. The maximum absolute atomic E-state index is 11.7. The lowest BCUT2D eigenvalue weighted by Gasteiger charge is -2.05. The van der Waals surface area contributed by atoms with E-state index in [1.807, 2.05) is 0 Å². The van der Waals surface area contributed by atoms with Gasteiger partial charge in [-0.15, -0.1) is 0 Å². The molecule has 0 radical (unpaired) electrons. The van der Waals surface area contributed by atoms with E-state index in [1.165, 1.54) is 16.7 Å². The minimum absolute atomic E-state index is 0.0109. The van der Waals surface area contributed by atoms with Crippen LogP contribution in [0, 0.1) is 6.92 Å². The lowest BCUT2D eigenvalue weighted by molar-refractivity contribution is -0.119. The molecule has 1 fully saturated rings. The molecular weight excluding hydrogens is 160 g/mol. The number of hydrogen-bond donors (Lipinski definition) is 0. The molecule has 13 heavy (non-hydrogen) atoms. The Morgan fingerprint density at radius 1 is 1.31 bits per heavy atom. The highest BCUT2D eigenvalue weighted by atomic mass is 16.1. The lowest BCUT2D eigenvalue weighted by atomic mass is 9.97. The van der Waals surface area contributed by atoms with Crippen LogP contribution >= 0.6 is 0 Å². The summed E-state index contributed by atoms with van der Waals surface area (Å²) in [5, 5.41) is 0. The normalized spacial score (nSPS) is 22.1. The minimum Gasteiger partial charge on any atom is -0.298 e. The molecule has 1 aromatic carbocycles. The Kier molecular flexibility index (Phi) is 1.14. The van der Waals surface area contributed by atoms with E-state index in [-0.39, 0.29) is 5.41 Å². The number of benzene rings is 1. The average Bonchev–Trinajstić information content (AvgIpc) is 2.80. The van der Waals surface area contributed by atoms with Crippen LogP contribution in [0.2, 0.25) is 0 Å². The van der Waals surface area contributed by atoms with Gasteiger partial charge in [-0.1, -0.05) is 23.8 Å². The second-order valence-electron chi connectivity index (χ2n) is 4.34. The number of hydrogen-bond acceptors (Lipinski definition) is 1. The Balaban J connectivity index is 2.22. The van der Waals surface area contributed by atoms with Crippen LogP contribution in [0.4, 0.5) is 0 Å². The molecule has 0 unspecified atom stereocenters. The highest BCUT2D eigenvalue weighted by molar-refractivity contribution is 5.99. The summed E-state index contributed by atoms with van der Waals surface area (Å²) in [6.07, 6.45) is 2.85. The lowest BCUT2D eigenvalue weighted by Crippen LogP contribution is -2.13. The number of carbonyl (C=O) groups is 1. The van der Waals surface area contributed by atoms with E-state index in [4.69, 9.17) is 0 Å². The smallest absolute Gasteiger partial charge is 0.147 e. The van der Waals surface area contributed by atoms with Gasteiger partial charge in [-0.25, -0.2) is 0 Å². The van der Waals surface area contributed by atoms with Gasteiger partial charge in [0.05, 0.1) is 5.41 Å². The molecule has 66 valence electrons. The zero-order chi connectivity index (χ0) is 9.05. The number of aryl methyl sites for hydroxylation is 1. The van der Waals surface area contributed by atoms with Crippen molar-refractivity contribution in [2.45, 2.75) is 31.6 Å². The Labute approximate surface area is 77.8 Å². The largest absolute Gasteiger partial charge is 0.298 e. The van der Waals surface area contributed by atoms with Gasteiger partial charge in [0, 0.05) is 6.42 Å². The summed E-state index contributed by atoms with van der Waals surface area (Å²) in [7, 11) is 0. The van der Waals surface area contributed by atoms with E-state index in [0.29, 0.717) is 12.2 Å². The maximum Gasteiger partial charge on any atom is 0.147 e. The second-order valence-corrected chi connectivity index (χ2v) is 4.34. The molecule has 0 amide bonds. The van der Waals surface area contributed by atoms with E-state index in [0.717, 1.165) is 12.8 Å². The SMILES string of the molecule is Cc1ccc2c(c1)CC(=O)C21CC1. The monoisotopic (exact) mass is 172 g/mol. The fourth-order valence-corrected chi connectivity index (χ4v) is 2.50. The maximum atomic E-state index is 11.7. The second kappa shape index (κ2) is 2.03. The van der Waals surface area contributed by atoms with E-state index in [1.54, 1.807) is 0 Å². The van der Waals surface area contributed by atoms with Crippen molar-refractivity contribution in [1.29, 1.82) is 0 Å². The van der Waals surface area contributed by atoms with Crippen LogP contribution in [0.3, 0.4) is 0 Å². The van der Waals surface area contributed by atoms with E-state index < -0.39 is 0 Å². The van der Waals surface area contributed by atoms with Crippen molar-refractivity contribution in [3.63, 3.8) is 0 Å². The summed E-state index contributed by atoms with van der Waals surface area (Å²) in [5.41, 5.74) is 3.86. The Hall–Kier alpha value is -1.11. The van der Waals surface area contributed by atoms with Gasteiger partial charge in [0.1, 0.15) is 5.78 Å². The summed E-state index contributed by atoms with van der Waals surface area (Å²) in [6.45, 7) is 2.09. The van der Waals surface area contributed by atoms with Gasteiger partial charge < -0.3 is 0 Å². The first-order valence-electron chi connectivity index (χ1n) is 4.86. The van der Waals surface area contributed by atoms with Crippen molar-refractivity contribution in [2.24, 2.45) is 0 Å². The topological polar surface area (TPSA) is 17.1 Å². The van der Waals surface area contributed by atoms with Crippen LogP contribution in [0.5, 0.6) is 0 Å². The number of Topliss-reactive ketones (excluding diaryl/α,β-unsaturated/α-hetero) is 1. The fraction of sp³-hybridized carbons (Fsp3) is 0.417. The molecule has 1 aromatic rings. The van der Waals surface area contributed by atoms with Crippen LogP contribution in [-0.2, 0) is 16.6 Å². The predicted molar refractivity (Wildman–Crippen MR) is 50.8 cm³/mol. The standard InChI is InChI=1S/C12H12O/c1-8-2-3-10-9(6-8)7-11(13)12(10)4-5-12/h2-3,6H,4-5,7H2,1H3. The zero-order valence-corrected chi connectivity index (χ0v) is 7.76. The predicted octanol–water partition coefficient (Wildman–Crippen LogP) is 2.15. The highest BCUT2D eigenvalue weighted by Crippen LogP contribution is 2.54. The van der Waals surface area contributed by atoms with Crippen LogP contribution in [0.15, 0.2) is 18.2 Å². The molecule has 2 aliphatic carbocycles. The van der Waals surface area contributed by atoms with Crippen molar-refractivity contribution in [3.05, 3.63) is 34.9 Å². The molecule has 3 rings (SSSR count). The molecule has 2 aliphatic rings. The third kappa shape index (κ3) is 0.796. The fourth-order valence-electron chi connectivity index (χ4n) is 2.50. The molecular formula is C12H12O. The van der Waals surface area contributed by atoms with Gasteiger partial charge in [0.15, 0.2) is 0 Å². The quantitative estimate of drug-likeness (QED) is 0.586. The Bertz CT molecular complexity index is 400. The molecule has 1 spiro atoms. The molecule has 0 atom stereocenters. The molecule has 0 aliphatic heterocycles. The van der Waals surface area contributed by atoms with Gasteiger partial charge in [0.25, 0.3) is 0 Å². The molecule has 0 bridgehead atoms. The van der Waals surface area contributed by atoms with Gasteiger partial charge >= 0.3 is 0 Å². The summed E-state index contributed by atoms with van der Waals surface area (Å²) >= 11 is 0. The molecule has 1 nitrogen and oxygen atoms in total. The minimum atomic E-state index is -0.0109. The van der Waals surface area contributed by atoms with Gasteiger partial charge in [-0.05, 0) is 30.9 Å². The van der Waals surface area contributed by atoms with E-state index in [9.17, 15) is 4.79 Å². The van der Waals surface area contributed by atoms with Crippen LogP contribution < -0.4 is 0 Å². The van der Waals surface area contributed by atoms with Gasteiger partial charge in [-0.3, -0.25) is 4.79 Å². The van der Waals surface area contributed by atoms with Crippen LogP contribution in [-0.4, -0.2) is 5.78 Å². The highest BCUT2D eigenvalue weighted by Gasteiger charge is 2.55. The van der Waals surface area contributed by atoms with Gasteiger partial charge in [-0.2, -0.15) is 0 Å². The van der Waals surface area contributed by atoms with Crippen molar-refractivity contribution >= 4 is 5.78 Å². The van der Waals surface area contributed by atoms with Gasteiger partial charge in [0.2, 0.25) is 0 Å². The number of carbonyl (C=O) groups excluding carboxylic acids is 1. The number of rotatable bonds is 0. The van der Waals surface area contributed by atoms with Crippen LogP contribution in [0.25, 0.3) is 0 Å². The summed E-state index contributed by atoms with van der Waals surface area (Å²) in [5.74, 6) is 0.452. The Morgan fingerprint density at radius 3 is 2.77 bits per heavy atom. The third-order valence-electron chi connectivity index (χ3n) is 3.41. The Morgan fingerprint density at radius 2 is 2.08 bits per heavy atom. The average molecular weight is 172 g/mol. The van der Waals surface area contributed by atoms with Crippen molar-refractivity contribution in [1.82, 2.24) is 0 Å². The summed E-state index contributed by atoms with van der Waals surface area (Å²) in [6, 6.07) is 6.44. The third-order valence-corrected chi connectivity index (χ3v) is 3.41. The zero-order valence-electron chi connectivity index (χ0n) is 7.76. The number of fused-ring (bicyclic) bond motifs is 2.